The average Bonchev–Trinajstić information content (AvgIpc) is 2.70. The maximum Gasteiger partial charge on any atom is 0.323 e. The molecule has 2 aromatic rings. The number of nitrogens with zero attached hydrogens (tertiary/aromatic N) is 1. The van der Waals surface area contributed by atoms with Gasteiger partial charge in [0.25, 0.3) is 0 Å². The Morgan fingerprint density at radius 2 is 1.56 bits per heavy atom. The van der Waals surface area contributed by atoms with Gasteiger partial charge in [-0.3, -0.25) is 9.69 Å². The van der Waals surface area contributed by atoms with E-state index < -0.39 is 6.04 Å². The molecule has 0 saturated carbocycles. The predicted octanol–water partition coefficient (Wildman–Crippen LogP) is 4.38. The van der Waals surface area contributed by atoms with Gasteiger partial charge in [-0.1, -0.05) is 74.0 Å². The van der Waals surface area contributed by atoms with Crippen molar-refractivity contribution in [2.45, 2.75) is 51.7 Å². The fraction of sp³-hybridized carbons (Fsp3) is 0.391. The van der Waals surface area contributed by atoms with Crippen LogP contribution in [-0.2, 0) is 27.4 Å². The molecule has 0 aromatic heterocycles. The van der Waals surface area contributed by atoms with E-state index in [2.05, 4.69) is 36.1 Å². The highest BCUT2D eigenvalue weighted by atomic mass is 16.5. The molecule has 2 aromatic carbocycles. The third-order valence-corrected chi connectivity index (χ3v) is 4.47. The Morgan fingerprint density at radius 3 is 2.04 bits per heavy atom. The molecule has 0 spiro atoms. The van der Waals surface area contributed by atoms with Gasteiger partial charge in [-0.25, -0.2) is 0 Å². The van der Waals surface area contributed by atoms with Crippen molar-refractivity contribution in [3.8, 4) is 0 Å². The summed E-state index contributed by atoms with van der Waals surface area (Å²) < 4.78 is 5.50. The van der Waals surface area contributed by atoms with Gasteiger partial charge in [0.05, 0.1) is 6.61 Å². The second-order valence-corrected chi connectivity index (χ2v) is 6.66. The van der Waals surface area contributed by atoms with Crippen molar-refractivity contribution in [2.24, 2.45) is 0 Å². The molecule has 4 heteroatoms. The number of aldehydes is 1. The van der Waals surface area contributed by atoms with Crippen molar-refractivity contribution in [3.63, 3.8) is 0 Å². The van der Waals surface area contributed by atoms with E-state index in [4.69, 9.17) is 4.74 Å². The number of hydrogen-bond donors (Lipinski definition) is 0. The Bertz CT molecular complexity index is 631. The zero-order valence-electron chi connectivity index (χ0n) is 16.0. The molecule has 0 saturated heterocycles. The highest BCUT2D eigenvalue weighted by molar-refractivity contribution is 5.76. The zero-order valence-corrected chi connectivity index (χ0v) is 16.0. The first kappa shape index (κ1) is 20.8. The third kappa shape index (κ3) is 7.35. The average molecular weight is 367 g/mol. The minimum absolute atomic E-state index is 0.239. The summed E-state index contributed by atoms with van der Waals surface area (Å²) in [5, 5.41) is 0. The monoisotopic (exact) mass is 367 g/mol. The molecule has 0 fully saturated rings. The van der Waals surface area contributed by atoms with E-state index in [-0.39, 0.29) is 5.97 Å². The Labute approximate surface area is 162 Å². The summed E-state index contributed by atoms with van der Waals surface area (Å²) in [6, 6.07) is 19.7. The number of esters is 1. The number of carbonyl (C=O) groups is 2. The fourth-order valence-corrected chi connectivity index (χ4v) is 3.00. The highest BCUT2D eigenvalue weighted by Gasteiger charge is 2.27. The van der Waals surface area contributed by atoms with Gasteiger partial charge in [0.1, 0.15) is 12.3 Å². The first-order valence-corrected chi connectivity index (χ1v) is 9.66. The summed E-state index contributed by atoms with van der Waals surface area (Å²) in [7, 11) is 0. The standard InChI is InChI=1S/C23H29NO3/c1-2-3-17-27-23(26)22(15-10-16-25)24(18-20-11-6-4-7-12-20)19-21-13-8-5-9-14-21/h4-9,11-14,16,22H,2-3,10,15,17-19H2,1H3/t22-/m0/s1. The van der Waals surface area contributed by atoms with Gasteiger partial charge in [-0.05, 0) is 24.0 Å². The molecule has 0 amide bonds. The largest absolute Gasteiger partial charge is 0.465 e. The molecular weight excluding hydrogens is 338 g/mol. The molecular formula is C23H29NO3. The van der Waals surface area contributed by atoms with E-state index in [1.54, 1.807) is 0 Å². The van der Waals surface area contributed by atoms with Crippen LogP contribution in [0.25, 0.3) is 0 Å². The molecule has 0 radical (unpaired) electrons. The smallest absolute Gasteiger partial charge is 0.323 e. The van der Waals surface area contributed by atoms with E-state index in [1.165, 1.54) is 0 Å². The summed E-state index contributed by atoms with van der Waals surface area (Å²) in [6.45, 7) is 3.75. The third-order valence-electron chi connectivity index (χ3n) is 4.47. The number of unbranched alkanes of at least 4 members (excludes halogenated alkanes) is 1. The molecule has 0 heterocycles. The van der Waals surface area contributed by atoms with Crippen LogP contribution in [0.1, 0.15) is 43.7 Å². The van der Waals surface area contributed by atoms with Crippen LogP contribution < -0.4 is 0 Å². The van der Waals surface area contributed by atoms with Crippen molar-refractivity contribution in [1.29, 1.82) is 0 Å². The molecule has 0 unspecified atom stereocenters. The molecule has 4 nitrogen and oxygen atoms in total. The molecule has 0 aliphatic carbocycles. The summed E-state index contributed by atoms with van der Waals surface area (Å²) in [5.41, 5.74) is 2.26. The zero-order chi connectivity index (χ0) is 19.3. The maximum absolute atomic E-state index is 12.8. The molecule has 144 valence electrons. The minimum atomic E-state index is -0.438. The van der Waals surface area contributed by atoms with E-state index in [0.717, 1.165) is 30.3 Å². The van der Waals surface area contributed by atoms with Gasteiger partial charge < -0.3 is 9.53 Å². The van der Waals surface area contributed by atoms with Gasteiger partial charge in [0.2, 0.25) is 0 Å². The van der Waals surface area contributed by atoms with Gasteiger partial charge in [0.15, 0.2) is 0 Å². The number of benzene rings is 2. The highest BCUT2D eigenvalue weighted by Crippen LogP contribution is 2.18. The summed E-state index contributed by atoms with van der Waals surface area (Å²) in [6.07, 6.45) is 3.50. The molecule has 1 atom stereocenters. The number of rotatable bonds is 12. The lowest BCUT2D eigenvalue weighted by Gasteiger charge is -2.30. The van der Waals surface area contributed by atoms with Crippen LogP contribution in [0.3, 0.4) is 0 Å². The lowest BCUT2D eigenvalue weighted by atomic mass is 10.1. The van der Waals surface area contributed by atoms with Crippen molar-refractivity contribution in [1.82, 2.24) is 4.90 Å². The minimum Gasteiger partial charge on any atom is -0.465 e. The van der Waals surface area contributed by atoms with E-state index in [9.17, 15) is 9.59 Å². The quantitative estimate of drug-likeness (QED) is 0.317. The Balaban J connectivity index is 2.20. The lowest BCUT2D eigenvalue weighted by Crippen LogP contribution is -2.41. The van der Waals surface area contributed by atoms with Crippen LogP contribution in [0, 0.1) is 0 Å². The van der Waals surface area contributed by atoms with Crippen molar-refractivity contribution in [2.75, 3.05) is 6.61 Å². The Kier molecular flexibility index (Phi) is 9.28. The Morgan fingerprint density at radius 1 is 1.00 bits per heavy atom. The van der Waals surface area contributed by atoms with Crippen LogP contribution in [-0.4, -0.2) is 29.8 Å². The molecule has 27 heavy (non-hydrogen) atoms. The van der Waals surface area contributed by atoms with Crippen LogP contribution in [0.4, 0.5) is 0 Å². The van der Waals surface area contributed by atoms with E-state index in [0.29, 0.717) is 32.5 Å². The molecule has 2 rings (SSSR count). The Hall–Kier alpha value is -2.46. The normalized spacial score (nSPS) is 11.9. The molecule has 0 bridgehead atoms. The second-order valence-electron chi connectivity index (χ2n) is 6.66. The van der Waals surface area contributed by atoms with Crippen LogP contribution in [0.2, 0.25) is 0 Å². The summed E-state index contributed by atoms with van der Waals surface area (Å²) in [4.78, 5) is 25.8. The SMILES string of the molecule is CCCCOC(=O)[C@H](CCC=O)N(Cc1ccccc1)Cc1ccccc1. The van der Waals surface area contributed by atoms with Crippen molar-refractivity contribution >= 4 is 12.3 Å². The molecule has 0 N–H and O–H groups in total. The maximum atomic E-state index is 12.8. The predicted molar refractivity (Wildman–Crippen MR) is 107 cm³/mol. The van der Waals surface area contributed by atoms with Crippen LogP contribution in [0.15, 0.2) is 60.7 Å². The van der Waals surface area contributed by atoms with E-state index >= 15 is 0 Å². The lowest BCUT2D eigenvalue weighted by molar-refractivity contribution is -0.151. The van der Waals surface area contributed by atoms with Crippen LogP contribution in [0.5, 0.6) is 0 Å². The molecule has 0 aliphatic rings. The number of carbonyl (C=O) groups excluding carboxylic acids is 2. The number of ether oxygens (including phenoxy) is 1. The van der Waals surface area contributed by atoms with Gasteiger partial charge in [0, 0.05) is 19.5 Å². The summed E-state index contributed by atoms with van der Waals surface area (Å²) in [5.74, 6) is -0.239. The van der Waals surface area contributed by atoms with Crippen molar-refractivity contribution < 1.29 is 14.3 Å². The second kappa shape index (κ2) is 12.0. The topological polar surface area (TPSA) is 46.6 Å². The van der Waals surface area contributed by atoms with E-state index in [1.807, 2.05) is 36.4 Å². The van der Waals surface area contributed by atoms with Gasteiger partial charge in [-0.2, -0.15) is 0 Å². The first-order chi connectivity index (χ1) is 13.2. The first-order valence-electron chi connectivity index (χ1n) is 9.66. The number of hydrogen-bond acceptors (Lipinski definition) is 4. The molecule has 0 aliphatic heterocycles. The van der Waals surface area contributed by atoms with Crippen LogP contribution >= 0.6 is 0 Å². The fourth-order valence-electron chi connectivity index (χ4n) is 3.00. The summed E-state index contributed by atoms with van der Waals surface area (Å²) >= 11 is 0. The van der Waals surface area contributed by atoms with Gasteiger partial charge in [-0.15, -0.1) is 0 Å². The van der Waals surface area contributed by atoms with Crippen molar-refractivity contribution in [3.05, 3.63) is 71.8 Å². The van der Waals surface area contributed by atoms with Gasteiger partial charge >= 0.3 is 5.97 Å².